The number of thiocarbonyl (C=S) groups is 1. The van der Waals surface area contributed by atoms with E-state index in [2.05, 4.69) is 10.7 Å². The van der Waals surface area contributed by atoms with Crippen molar-refractivity contribution in [3.8, 4) is 0 Å². The Hall–Kier alpha value is -2.68. The second-order valence-electron chi connectivity index (χ2n) is 6.73. The van der Waals surface area contributed by atoms with E-state index in [9.17, 15) is 14.4 Å². The molecule has 0 bridgehead atoms. The first kappa shape index (κ1) is 22.0. The Balaban J connectivity index is 1.73. The van der Waals surface area contributed by atoms with Gasteiger partial charge in [-0.25, -0.2) is 5.01 Å². The van der Waals surface area contributed by atoms with Crippen molar-refractivity contribution in [2.24, 2.45) is 0 Å². The second kappa shape index (κ2) is 8.99. The number of likely N-dealkylation sites (N-methyl/N-ethyl adjacent to an activating group) is 1. The van der Waals surface area contributed by atoms with Gasteiger partial charge in [0, 0.05) is 28.3 Å². The molecule has 30 heavy (non-hydrogen) atoms. The molecule has 1 fully saturated rings. The SMILES string of the molecule is Cc1ccc(NC(=O)CC2C(=O)N(C)C(=S)N2NC(=O)c2ccc(Cl)cc2)cc1Cl. The van der Waals surface area contributed by atoms with Gasteiger partial charge in [-0.1, -0.05) is 29.3 Å². The summed E-state index contributed by atoms with van der Waals surface area (Å²) in [6, 6.07) is 10.4. The number of halogens is 2. The van der Waals surface area contributed by atoms with Crippen LogP contribution in [-0.4, -0.2) is 45.8 Å². The molecule has 1 aliphatic heterocycles. The predicted octanol–water partition coefficient (Wildman–Crippen LogP) is 3.40. The summed E-state index contributed by atoms with van der Waals surface area (Å²) in [4.78, 5) is 38.9. The minimum Gasteiger partial charge on any atom is -0.326 e. The van der Waals surface area contributed by atoms with Gasteiger partial charge in [0.15, 0.2) is 5.11 Å². The zero-order chi connectivity index (χ0) is 22.0. The van der Waals surface area contributed by atoms with Crippen molar-refractivity contribution in [3.05, 3.63) is 63.6 Å². The van der Waals surface area contributed by atoms with Crippen molar-refractivity contribution >= 4 is 63.9 Å². The maximum Gasteiger partial charge on any atom is 0.269 e. The number of nitrogens with zero attached hydrogens (tertiary/aromatic N) is 2. The Morgan fingerprint density at radius 1 is 1.13 bits per heavy atom. The molecular weight excluding hydrogens is 447 g/mol. The van der Waals surface area contributed by atoms with Crippen molar-refractivity contribution in [2.45, 2.75) is 19.4 Å². The topological polar surface area (TPSA) is 81.8 Å². The van der Waals surface area contributed by atoms with Gasteiger partial charge in [-0.3, -0.25) is 24.7 Å². The molecule has 3 amide bonds. The van der Waals surface area contributed by atoms with E-state index in [1.807, 2.05) is 6.92 Å². The number of amides is 3. The molecule has 10 heteroatoms. The molecule has 2 aromatic carbocycles. The first-order chi connectivity index (χ1) is 14.2. The third kappa shape index (κ3) is 4.72. The molecule has 2 aromatic rings. The highest BCUT2D eigenvalue weighted by atomic mass is 35.5. The Morgan fingerprint density at radius 3 is 2.43 bits per heavy atom. The van der Waals surface area contributed by atoms with Crippen LogP contribution < -0.4 is 10.7 Å². The van der Waals surface area contributed by atoms with E-state index in [1.165, 1.54) is 17.0 Å². The highest BCUT2D eigenvalue weighted by Gasteiger charge is 2.42. The van der Waals surface area contributed by atoms with E-state index >= 15 is 0 Å². The number of rotatable bonds is 5. The average Bonchev–Trinajstić information content (AvgIpc) is 2.89. The lowest BCUT2D eigenvalue weighted by atomic mass is 10.1. The van der Waals surface area contributed by atoms with Crippen LogP contribution in [0.25, 0.3) is 0 Å². The van der Waals surface area contributed by atoms with E-state index in [4.69, 9.17) is 35.4 Å². The van der Waals surface area contributed by atoms with E-state index in [0.717, 1.165) is 5.56 Å². The minimum absolute atomic E-state index is 0.0958. The number of nitrogens with one attached hydrogen (secondary N) is 2. The van der Waals surface area contributed by atoms with Gasteiger partial charge in [-0.15, -0.1) is 0 Å². The molecule has 0 radical (unpaired) electrons. The largest absolute Gasteiger partial charge is 0.326 e. The molecule has 1 saturated heterocycles. The summed E-state index contributed by atoms with van der Waals surface area (Å²) < 4.78 is 0. The number of hydrazine groups is 1. The lowest BCUT2D eigenvalue weighted by Crippen LogP contribution is -2.49. The van der Waals surface area contributed by atoms with Crippen LogP contribution in [0.5, 0.6) is 0 Å². The van der Waals surface area contributed by atoms with Crippen molar-refractivity contribution < 1.29 is 14.4 Å². The van der Waals surface area contributed by atoms with Gasteiger partial charge < -0.3 is 5.32 Å². The van der Waals surface area contributed by atoms with E-state index < -0.39 is 23.8 Å². The molecule has 1 aliphatic rings. The molecular formula is C20H18Cl2N4O3S. The molecule has 7 nitrogen and oxygen atoms in total. The molecule has 1 unspecified atom stereocenters. The normalized spacial score (nSPS) is 16.1. The van der Waals surface area contributed by atoms with Gasteiger partial charge in [0.2, 0.25) is 5.91 Å². The van der Waals surface area contributed by atoms with Gasteiger partial charge in [-0.05, 0) is 61.1 Å². The predicted molar refractivity (Wildman–Crippen MR) is 119 cm³/mol. The molecule has 1 atom stereocenters. The summed E-state index contributed by atoms with van der Waals surface area (Å²) >= 11 is 17.2. The Morgan fingerprint density at radius 2 is 1.80 bits per heavy atom. The van der Waals surface area contributed by atoms with Crippen LogP contribution >= 0.6 is 35.4 Å². The summed E-state index contributed by atoms with van der Waals surface area (Å²) in [5.74, 6) is -1.29. The fourth-order valence-corrected chi connectivity index (χ4v) is 3.43. The molecule has 0 spiro atoms. The lowest BCUT2D eigenvalue weighted by molar-refractivity contribution is -0.130. The monoisotopic (exact) mass is 464 g/mol. The van der Waals surface area contributed by atoms with Crippen molar-refractivity contribution in [3.63, 3.8) is 0 Å². The Kier molecular flexibility index (Phi) is 6.60. The molecule has 0 aromatic heterocycles. The molecule has 1 heterocycles. The summed E-state index contributed by atoms with van der Waals surface area (Å²) in [5, 5.41) is 5.04. The standard InChI is InChI=1S/C20H18Cl2N4O3S/c1-11-3-8-14(9-15(11)22)23-17(27)10-16-19(29)25(2)20(30)26(16)24-18(28)12-4-6-13(21)7-5-12/h3-9,16H,10H2,1-2H3,(H,23,27)(H,24,28). The fourth-order valence-electron chi connectivity index (χ4n) is 2.86. The number of aryl methyl sites for hydroxylation is 1. The maximum atomic E-state index is 12.6. The lowest BCUT2D eigenvalue weighted by Gasteiger charge is -2.24. The van der Waals surface area contributed by atoms with Gasteiger partial charge in [0.1, 0.15) is 6.04 Å². The molecule has 2 N–H and O–H groups in total. The highest BCUT2D eigenvalue weighted by Crippen LogP contribution is 2.22. The van der Waals surface area contributed by atoms with Crippen LogP contribution in [0.15, 0.2) is 42.5 Å². The summed E-state index contributed by atoms with van der Waals surface area (Å²) in [7, 11) is 1.49. The van der Waals surface area contributed by atoms with Crippen LogP contribution in [0.3, 0.4) is 0 Å². The van der Waals surface area contributed by atoms with E-state index in [1.54, 1.807) is 42.5 Å². The summed E-state index contributed by atoms with van der Waals surface area (Å²) in [5.41, 5.74) is 4.33. The van der Waals surface area contributed by atoms with Gasteiger partial charge in [0.25, 0.3) is 11.8 Å². The number of anilines is 1. The first-order valence-electron chi connectivity index (χ1n) is 8.90. The first-order valence-corrected chi connectivity index (χ1v) is 10.1. The van der Waals surface area contributed by atoms with Gasteiger partial charge in [0.05, 0.1) is 6.42 Å². The van der Waals surface area contributed by atoms with Crippen molar-refractivity contribution in [1.29, 1.82) is 0 Å². The average molecular weight is 465 g/mol. The van der Waals surface area contributed by atoms with E-state index in [0.29, 0.717) is 21.3 Å². The molecule has 0 aliphatic carbocycles. The number of hydrogen-bond acceptors (Lipinski definition) is 4. The zero-order valence-corrected chi connectivity index (χ0v) is 18.4. The second-order valence-corrected chi connectivity index (χ2v) is 7.94. The summed E-state index contributed by atoms with van der Waals surface area (Å²) in [6.45, 7) is 1.85. The van der Waals surface area contributed by atoms with Crippen LogP contribution in [0.1, 0.15) is 22.3 Å². The fraction of sp³-hybridized carbons (Fsp3) is 0.200. The third-order valence-electron chi connectivity index (χ3n) is 4.58. The van der Waals surface area contributed by atoms with Crippen LogP contribution in [0.4, 0.5) is 5.69 Å². The van der Waals surface area contributed by atoms with Gasteiger partial charge in [-0.2, -0.15) is 0 Å². The quantitative estimate of drug-likeness (QED) is 0.662. The smallest absolute Gasteiger partial charge is 0.269 e. The molecule has 156 valence electrons. The third-order valence-corrected chi connectivity index (χ3v) is 5.71. The highest BCUT2D eigenvalue weighted by molar-refractivity contribution is 7.80. The summed E-state index contributed by atoms with van der Waals surface area (Å²) in [6.07, 6.45) is -0.213. The van der Waals surface area contributed by atoms with E-state index in [-0.39, 0.29) is 11.5 Å². The zero-order valence-electron chi connectivity index (χ0n) is 16.1. The Labute approximate surface area is 188 Å². The van der Waals surface area contributed by atoms with Crippen LogP contribution in [0.2, 0.25) is 10.0 Å². The van der Waals surface area contributed by atoms with Gasteiger partial charge >= 0.3 is 0 Å². The number of benzene rings is 2. The molecule has 0 saturated carbocycles. The van der Waals surface area contributed by atoms with Crippen molar-refractivity contribution in [1.82, 2.24) is 15.3 Å². The Bertz CT molecular complexity index is 1030. The number of hydrogen-bond donors (Lipinski definition) is 2. The number of carbonyl (C=O) groups excluding carboxylic acids is 3. The maximum absolute atomic E-state index is 12.6. The number of carbonyl (C=O) groups is 3. The molecule has 3 rings (SSSR count). The van der Waals surface area contributed by atoms with Crippen molar-refractivity contribution in [2.75, 3.05) is 12.4 Å². The van der Waals surface area contributed by atoms with Crippen LogP contribution in [0, 0.1) is 6.92 Å². The van der Waals surface area contributed by atoms with Crippen LogP contribution in [-0.2, 0) is 9.59 Å². The minimum atomic E-state index is -0.973.